The van der Waals surface area contributed by atoms with Crippen molar-refractivity contribution >= 4 is 21.4 Å². The fraction of sp³-hybridized carbons (Fsp3) is 0.292. The van der Waals surface area contributed by atoms with Gasteiger partial charge in [0.2, 0.25) is 10.0 Å². The number of sulfonamides is 1. The van der Waals surface area contributed by atoms with Crippen molar-refractivity contribution in [1.29, 1.82) is 0 Å². The van der Waals surface area contributed by atoms with Crippen molar-refractivity contribution in [2.24, 2.45) is 5.41 Å². The van der Waals surface area contributed by atoms with E-state index in [0.717, 1.165) is 27.8 Å². The van der Waals surface area contributed by atoms with Crippen LogP contribution in [0.2, 0.25) is 0 Å². The number of allylic oxidation sites excluding steroid dienone is 3. The molecule has 1 aliphatic heterocycles. The lowest BCUT2D eigenvalue weighted by molar-refractivity contribution is -0.113. The lowest BCUT2D eigenvalue weighted by Gasteiger charge is -2.31. The van der Waals surface area contributed by atoms with E-state index in [1.165, 1.54) is 0 Å². The minimum absolute atomic E-state index is 0.0419. The van der Waals surface area contributed by atoms with Gasteiger partial charge in [0.1, 0.15) is 0 Å². The van der Waals surface area contributed by atoms with Gasteiger partial charge in [-0.2, -0.15) is 4.31 Å². The number of carbonyl (C=O) groups is 1. The summed E-state index contributed by atoms with van der Waals surface area (Å²) in [7, 11) is -3.58. The van der Waals surface area contributed by atoms with Crippen LogP contribution in [0.5, 0.6) is 0 Å². The summed E-state index contributed by atoms with van der Waals surface area (Å²) in [6, 6.07) is 16.8. The number of ketones is 1. The van der Waals surface area contributed by atoms with Crippen molar-refractivity contribution in [2.75, 3.05) is 13.1 Å². The zero-order valence-electron chi connectivity index (χ0n) is 17.0. The molecule has 2 aromatic carbocycles. The predicted molar refractivity (Wildman–Crippen MR) is 115 cm³/mol. The second kappa shape index (κ2) is 7.08. The van der Waals surface area contributed by atoms with Crippen molar-refractivity contribution in [1.82, 2.24) is 4.31 Å². The van der Waals surface area contributed by atoms with Crippen molar-refractivity contribution in [3.05, 3.63) is 82.9 Å². The van der Waals surface area contributed by atoms with Gasteiger partial charge in [-0.25, -0.2) is 8.42 Å². The molecular formula is C24H25NO3S. The van der Waals surface area contributed by atoms with Gasteiger partial charge in [0.25, 0.3) is 0 Å². The highest BCUT2D eigenvalue weighted by molar-refractivity contribution is 7.89. The molecule has 0 aromatic heterocycles. The lowest BCUT2D eigenvalue weighted by Crippen LogP contribution is -2.32. The number of Topliss-reactive ketones (excluding diaryl/α,β-unsaturated/α-hetero) is 1. The Balaban J connectivity index is 1.72. The number of rotatable bonds is 4. The third-order valence-electron chi connectivity index (χ3n) is 6.03. The summed E-state index contributed by atoms with van der Waals surface area (Å²) in [5.74, 6) is 0.0419. The molecule has 5 heteroatoms. The van der Waals surface area contributed by atoms with E-state index in [4.69, 9.17) is 0 Å². The molecule has 0 saturated carbocycles. The molecule has 0 bridgehead atoms. The van der Waals surface area contributed by atoms with Gasteiger partial charge in [-0.3, -0.25) is 4.79 Å². The highest BCUT2D eigenvalue weighted by Crippen LogP contribution is 2.48. The van der Waals surface area contributed by atoms with Crippen LogP contribution in [0.1, 0.15) is 31.4 Å². The standard InChI is InChI=1S/C24H25NO3S/c1-17-9-11-21(12-10-17)29(27,28)25-15-20-13-22(19-7-5-4-6-8-19)23(18(2)26)14-24(20,3)16-25/h4-13H,14-16H2,1-3H3/t24-/m1/s1. The van der Waals surface area contributed by atoms with Crippen LogP contribution < -0.4 is 0 Å². The van der Waals surface area contributed by atoms with Crippen LogP contribution >= 0.6 is 0 Å². The first-order valence-corrected chi connectivity index (χ1v) is 11.2. The second-order valence-corrected chi connectivity index (χ2v) is 10.2. The Morgan fingerprint density at radius 1 is 1.03 bits per heavy atom. The maximum atomic E-state index is 13.2. The molecule has 1 heterocycles. The minimum Gasteiger partial charge on any atom is -0.295 e. The van der Waals surface area contributed by atoms with Gasteiger partial charge in [-0.15, -0.1) is 0 Å². The van der Waals surface area contributed by atoms with E-state index in [2.05, 4.69) is 6.92 Å². The number of hydrogen-bond acceptors (Lipinski definition) is 3. The molecule has 29 heavy (non-hydrogen) atoms. The highest BCUT2D eigenvalue weighted by Gasteiger charge is 2.46. The Labute approximate surface area is 172 Å². The van der Waals surface area contributed by atoms with Gasteiger partial charge in [-0.1, -0.05) is 61.0 Å². The summed E-state index contributed by atoms with van der Waals surface area (Å²) in [5, 5.41) is 0. The van der Waals surface area contributed by atoms with Crippen molar-refractivity contribution in [3.63, 3.8) is 0 Å². The number of hydrogen-bond donors (Lipinski definition) is 0. The highest BCUT2D eigenvalue weighted by atomic mass is 32.2. The zero-order valence-corrected chi connectivity index (χ0v) is 17.8. The van der Waals surface area contributed by atoms with Crippen LogP contribution in [0.3, 0.4) is 0 Å². The maximum Gasteiger partial charge on any atom is 0.243 e. The number of benzene rings is 2. The largest absolute Gasteiger partial charge is 0.295 e. The van der Waals surface area contributed by atoms with Crippen molar-refractivity contribution in [2.45, 2.75) is 32.1 Å². The number of nitrogens with zero attached hydrogens (tertiary/aromatic N) is 1. The molecule has 4 nitrogen and oxygen atoms in total. The fourth-order valence-corrected chi connectivity index (χ4v) is 5.82. The minimum atomic E-state index is -3.58. The molecule has 0 N–H and O–H groups in total. The third kappa shape index (κ3) is 3.49. The summed E-state index contributed by atoms with van der Waals surface area (Å²) < 4.78 is 28.0. The molecule has 2 aliphatic rings. The normalized spacial score (nSPS) is 22.4. The molecule has 1 fully saturated rings. The van der Waals surface area contributed by atoms with E-state index in [9.17, 15) is 13.2 Å². The first-order valence-electron chi connectivity index (χ1n) is 9.78. The first-order chi connectivity index (χ1) is 13.7. The van der Waals surface area contributed by atoms with Gasteiger partial charge < -0.3 is 0 Å². The molecule has 0 amide bonds. The molecule has 1 aliphatic carbocycles. The summed E-state index contributed by atoms with van der Waals surface area (Å²) in [6.45, 7) is 6.33. The first kappa shape index (κ1) is 19.8. The van der Waals surface area contributed by atoms with E-state index in [-0.39, 0.29) is 11.2 Å². The van der Waals surface area contributed by atoms with Crippen LogP contribution in [0.25, 0.3) is 5.57 Å². The van der Waals surface area contributed by atoms with E-state index < -0.39 is 10.0 Å². The predicted octanol–water partition coefficient (Wildman–Crippen LogP) is 4.38. The van der Waals surface area contributed by atoms with E-state index in [1.54, 1.807) is 23.4 Å². The molecule has 2 aromatic rings. The van der Waals surface area contributed by atoms with E-state index >= 15 is 0 Å². The van der Waals surface area contributed by atoms with Gasteiger partial charge >= 0.3 is 0 Å². The number of fused-ring (bicyclic) bond motifs is 1. The molecule has 0 unspecified atom stereocenters. The third-order valence-corrected chi connectivity index (χ3v) is 7.83. The Bertz CT molecular complexity index is 1130. The van der Waals surface area contributed by atoms with Crippen molar-refractivity contribution < 1.29 is 13.2 Å². The molecule has 150 valence electrons. The number of aryl methyl sites for hydroxylation is 1. The monoisotopic (exact) mass is 407 g/mol. The second-order valence-electron chi connectivity index (χ2n) is 8.31. The van der Waals surface area contributed by atoms with Gasteiger partial charge in [0.05, 0.1) is 4.90 Å². The molecule has 1 saturated heterocycles. The lowest BCUT2D eigenvalue weighted by atomic mass is 9.72. The fourth-order valence-electron chi connectivity index (χ4n) is 4.28. The van der Waals surface area contributed by atoms with E-state index in [1.807, 2.05) is 55.5 Å². The Kier molecular flexibility index (Phi) is 4.83. The van der Waals surface area contributed by atoms with E-state index in [0.29, 0.717) is 24.4 Å². The summed E-state index contributed by atoms with van der Waals surface area (Å²) in [5.41, 5.74) is 4.41. The van der Waals surface area contributed by atoms with Gasteiger partial charge in [0, 0.05) is 24.1 Å². The Morgan fingerprint density at radius 3 is 2.31 bits per heavy atom. The molecular weight excluding hydrogens is 382 g/mol. The molecule has 1 atom stereocenters. The maximum absolute atomic E-state index is 13.2. The molecule has 0 spiro atoms. The molecule has 4 rings (SSSR count). The summed E-state index contributed by atoms with van der Waals surface area (Å²) >= 11 is 0. The van der Waals surface area contributed by atoms with Crippen LogP contribution in [0.15, 0.2) is 76.7 Å². The quantitative estimate of drug-likeness (QED) is 0.756. The zero-order chi connectivity index (χ0) is 20.8. The summed E-state index contributed by atoms with van der Waals surface area (Å²) in [6.07, 6.45) is 2.60. The molecule has 0 radical (unpaired) electrons. The SMILES string of the molecule is CC(=O)C1=C(c2ccccc2)C=C2CN(S(=O)(=O)c3ccc(C)cc3)C[C@@]2(C)C1. The van der Waals surface area contributed by atoms with Crippen LogP contribution in [0.4, 0.5) is 0 Å². The van der Waals surface area contributed by atoms with Crippen LogP contribution in [-0.4, -0.2) is 31.6 Å². The van der Waals surface area contributed by atoms with Crippen LogP contribution in [0, 0.1) is 12.3 Å². The topological polar surface area (TPSA) is 54.5 Å². The summed E-state index contributed by atoms with van der Waals surface area (Å²) in [4.78, 5) is 12.7. The van der Waals surface area contributed by atoms with Gasteiger partial charge in [0.15, 0.2) is 5.78 Å². The Hall–Kier alpha value is -2.50. The number of carbonyl (C=O) groups excluding carboxylic acids is 1. The average molecular weight is 408 g/mol. The average Bonchev–Trinajstić information content (AvgIpc) is 3.05. The van der Waals surface area contributed by atoms with Crippen molar-refractivity contribution in [3.8, 4) is 0 Å². The van der Waals surface area contributed by atoms with Crippen LogP contribution in [-0.2, 0) is 14.8 Å². The smallest absolute Gasteiger partial charge is 0.243 e. The Morgan fingerprint density at radius 2 is 1.69 bits per heavy atom. The van der Waals surface area contributed by atoms with Gasteiger partial charge in [-0.05, 0) is 49.1 Å².